The molecule has 3 rings (SSSR count). The number of halogens is 1. The maximum Gasteiger partial charge on any atom is 0.253 e. The van der Waals surface area contributed by atoms with E-state index in [0.717, 1.165) is 18.7 Å². The number of aliphatic hydroxyl groups is 1. The molecule has 2 aromatic carbocycles. The Kier molecular flexibility index (Phi) is 5.46. The van der Waals surface area contributed by atoms with Crippen LogP contribution in [0, 0.1) is 12.7 Å². The number of hydrogen-bond donors (Lipinski definition) is 1. The highest BCUT2D eigenvalue weighted by atomic mass is 19.1. The van der Waals surface area contributed by atoms with Crippen molar-refractivity contribution in [3.8, 4) is 0 Å². The molecule has 1 heterocycles. The zero-order valence-corrected chi connectivity index (χ0v) is 14.4. The molecule has 0 bridgehead atoms. The summed E-state index contributed by atoms with van der Waals surface area (Å²) < 4.78 is 13.4. The standard InChI is InChI=1S/C20H23FN2O2/c1-15-13-17(7-8-18(15)21)20(25)23-11-9-22(10-12-23)14-19(24)16-5-3-2-4-6-16/h2-8,13,19,24H,9-12,14H2,1H3. The zero-order chi connectivity index (χ0) is 17.8. The molecular formula is C20H23FN2O2. The highest BCUT2D eigenvalue weighted by Crippen LogP contribution is 2.17. The first-order valence-electron chi connectivity index (χ1n) is 8.55. The first-order chi connectivity index (χ1) is 12.0. The van der Waals surface area contributed by atoms with Gasteiger partial charge >= 0.3 is 0 Å². The van der Waals surface area contributed by atoms with E-state index in [0.29, 0.717) is 30.8 Å². The van der Waals surface area contributed by atoms with Gasteiger partial charge in [0.2, 0.25) is 0 Å². The van der Waals surface area contributed by atoms with E-state index < -0.39 is 6.10 Å². The van der Waals surface area contributed by atoms with Gasteiger partial charge in [-0.25, -0.2) is 4.39 Å². The number of aryl methyl sites for hydroxylation is 1. The minimum absolute atomic E-state index is 0.0636. The van der Waals surface area contributed by atoms with Gasteiger partial charge in [0.05, 0.1) is 6.10 Å². The molecule has 0 aliphatic carbocycles. The molecule has 1 amide bonds. The lowest BCUT2D eigenvalue weighted by Crippen LogP contribution is -2.49. The van der Waals surface area contributed by atoms with E-state index in [1.165, 1.54) is 12.1 Å². The van der Waals surface area contributed by atoms with Crippen molar-refractivity contribution in [3.05, 3.63) is 71.0 Å². The molecule has 0 saturated carbocycles. The molecule has 132 valence electrons. The third-order valence-corrected chi connectivity index (χ3v) is 4.68. The quantitative estimate of drug-likeness (QED) is 0.929. The molecule has 1 aliphatic heterocycles. The lowest BCUT2D eigenvalue weighted by Gasteiger charge is -2.35. The second-order valence-electron chi connectivity index (χ2n) is 6.48. The predicted octanol–water partition coefficient (Wildman–Crippen LogP) is 2.63. The third kappa shape index (κ3) is 4.24. The van der Waals surface area contributed by atoms with E-state index in [1.807, 2.05) is 30.3 Å². The Morgan fingerprint density at radius 3 is 2.44 bits per heavy atom. The molecule has 4 nitrogen and oxygen atoms in total. The molecule has 0 radical (unpaired) electrons. The van der Waals surface area contributed by atoms with Gasteiger partial charge in [-0.05, 0) is 36.2 Å². The van der Waals surface area contributed by atoms with Crippen LogP contribution in [0.3, 0.4) is 0 Å². The Hall–Kier alpha value is -2.24. The number of carbonyl (C=O) groups is 1. The first kappa shape index (κ1) is 17.6. The fourth-order valence-electron chi connectivity index (χ4n) is 3.12. The molecule has 1 atom stereocenters. The molecule has 2 aromatic rings. The Morgan fingerprint density at radius 2 is 1.80 bits per heavy atom. The van der Waals surface area contributed by atoms with Gasteiger partial charge in [-0.3, -0.25) is 9.69 Å². The molecule has 5 heteroatoms. The van der Waals surface area contributed by atoms with Crippen molar-refractivity contribution in [2.75, 3.05) is 32.7 Å². The molecule has 1 fully saturated rings. The summed E-state index contributed by atoms with van der Waals surface area (Å²) in [6.07, 6.45) is -0.525. The van der Waals surface area contributed by atoms with Crippen LogP contribution in [0.1, 0.15) is 27.6 Å². The summed E-state index contributed by atoms with van der Waals surface area (Å²) in [6.45, 7) is 4.87. The van der Waals surface area contributed by atoms with Crippen LogP contribution in [0.15, 0.2) is 48.5 Å². The lowest BCUT2D eigenvalue weighted by atomic mass is 10.1. The maximum absolute atomic E-state index is 13.4. The van der Waals surface area contributed by atoms with E-state index in [-0.39, 0.29) is 11.7 Å². The number of hydrogen-bond acceptors (Lipinski definition) is 3. The number of aliphatic hydroxyl groups excluding tert-OH is 1. The van der Waals surface area contributed by atoms with Crippen LogP contribution < -0.4 is 0 Å². The van der Waals surface area contributed by atoms with Gasteiger partial charge in [0, 0.05) is 38.3 Å². The van der Waals surface area contributed by atoms with Crippen molar-refractivity contribution >= 4 is 5.91 Å². The normalized spacial score (nSPS) is 16.7. The lowest BCUT2D eigenvalue weighted by molar-refractivity contribution is 0.0527. The van der Waals surface area contributed by atoms with Crippen molar-refractivity contribution in [3.63, 3.8) is 0 Å². The Balaban J connectivity index is 1.54. The van der Waals surface area contributed by atoms with Crippen molar-refractivity contribution in [1.29, 1.82) is 0 Å². The van der Waals surface area contributed by atoms with E-state index in [2.05, 4.69) is 4.90 Å². The number of piperazine rings is 1. The SMILES string of the molecule is Cc1cc(C(=O)N2CCN(CC(O)c3ccccc3)CC2)ccc1F. The fraction of sp³-hybridized carbons (Fsp3) is 0.350. The van der Waals surface area contributed by atoms with Crippen LogP contribution in [-0.2, 0) is 0 Å². The topological polar surface area (TPSA) is 43.8 Å². The van der Waals surface area contributed by atoms with Crippen LogP contribution >= 0.6 is 0 Å². The molecule has 0 aromatic heterocycles. The number of amides is 1. The van der Waals surface area contributed by atoms with Crippen molar-refractivity contribution in [2.24, 2.45) is 0 Å². The smallest absolute Gasteiger partial charge is 0.253 e. The Morgan fingerprint density at radius 1 is 1.12 bits per heavy atom. The van der Waals surface area contributed by atoms with E-state index >= 15 is 0 Å². The molecule has 0 spiro atoms. The largest absolute Gasteiger partial charge is 0.387 e. The van der Waals surface area contributed by atoms with E-state index in [4.69, 9.17) is 0 Å². The van der Waals surface area contributed by atoms with Gasteiger partial charge in [-0.15, -0.1) is 0 Å². The van der Waals surface area contributed by atoms with Crippen LogP contribution in [0.5, 0.6) is 0 Å². The third-order valence-electron chi connectivity index (χ3n) is 4.68. The van der Waals surface area contributed by atoms with Crippen molar-refractivity contribution in [2.45, 2.75) is 13.0 Å². The number of rotatable bonds is 4. The number of nitrogens with zero attached hydrogens (tertiary/aromatic N) is 2. The minimum Gasteiger partial charge on any atom is -0.387 e. The fourth-order valence-corrected chi connectivity index (χ4v) is 3.12. The van der Waals surface area contributed by atoms with Crippen LogP contribution in [0.2, 0.25) is 0 Å². The Labute approximate surface area is 147 Å². The summed E-state index contributed by atoms with van der Waals surface area (Å²) in [5.74, 6) is -0.359. The second-order valence-corrected chi connectivity index (χ2v) is 6.48. The average Bonchev–Trinajstić information content (AvgIpc) is 2.65. The molecule has 1 saturated heterocycles. The van der Waals surface area contributed by atoms with E-state index in [9.17, 15) is 14.3 Å². The van der Waals surface area contributed by atoms with Gasteiger partial charge in [-0.2, -0.15) is 0 Å². The van der Waals surface area contributed by atoms with Gasteiger partial charge in [0.25, 0.3) is 5.91 Å². The highest BCUT2D eigenvalue weighted by molar-refractivity contribution is 5.94. The molecular weight excluding hydrogens is 319 g/mol. The van der Waals surface area contributed by atoms with Crippen molar-refractivity contribution in [1.82, 2.24) is 9.80 Å². The first-order valence-corrected chi connectivity index (χ1v) is 8.55. The summed E-state index contributed by atoms with van der Waals surface area (Å²) in [5, 5.41) is 10.3. The summed E-state index contributed by atoms with van der Waals surface area (Å²) in [6, 6.07) is 14.1. The van der Waals surface area contributed by atoms with Gasteiger partial charge in [0.1, 0.15) is 5.82 Å². The average molecular weight is 342 g/mol. The van der Waals surface area contributed by atoms with Gasteiger partial charge in [-0.1, -0.05) is 30.3 Å². The number of β-amino-alcohol motifs (C(OH)–C–C–N with tert-alkyl or cyclic N) is 1. The summed E-state index contributed by atoms with van der Waals surface area (Å²) in [7, 11) is 0. The molecule has 1 N–H and O–H groups in total. The second kappa shape index (κ2) is 7.76. The molecule has 1 aliphatic rings. The minimum atomic E-state index is -0.525. The van der Waals surface area contributed by atoms with Crippen molar-refractivity contribution < 1.29 is 14.3 Å². The summed E-state index contributed by atoms with van der Waals surface area (Å²) in [4.78, 5) is 16.5. The Bertz CT molecular complexity index is 728. The highest BCUT2D eigenvalue weighted by Gasteiger charge is 2.24. The number of benzene rings is 2. The summed E-state index contributed by atoms with van der Waals surface area (Å²) in [5.41, 5.74) is 1.91. The summed E-state index contributed by atoms with van der Waals surface area (Å²) >= 11 is 0. The maximum atomic E-state index is 13.4. The van der Waals surface area contributed by atoms with Gasteiger partial charge in [0.15, 0.2) is 0 Å². The zero-order valence-electron chi connectivity index (χ0n) is 14.4. The van der Waals surface area contributed by atoms with Crippen LogP contribution in [0.25, 0.3) is 0 Å². The molecule has 25 heavy (non-hydrogen) atoms. The molecule has 1 unspecified atom stereocenters. The van der Waals surface area contributed by atoms with Gasteiger partial charge < -0.3 is 10.0 Å². The number of carbonyl (C=O) groups excluding carboxylic acids is 1. The van der Waals surface area contributed by atoms with Crippen LogP contribution in [-0.4, -0.2) is 53.5 Å². The van der Waals surface area contributed by atoms with Crippen LogP contribution in [0.4, 0.5) is 4.39 Å². The predicted molar refractivity (Wildman–Crippen MR) is 94.9 cm³/mol. The van der Waals surface area contributed by atoms with E-state index in [1.54, 1.807) is 17.9 Å². The monoisotopic (exact) mass is 342 g/mol.